The molecule has 1 amide bonds. The third-order valence-corrected chi connectivity index (χ3v) is 7.85. The number of nitrogens with zero attached hydrogens (tertiary/aromatic N) is 5. The Kier molecular flexibility index (Phi) is 7.09. The first-order chi connectivity index (χ1) is 17.1. The first-order valence-corrected chi connectivity index (χ1v) is 13.8. The van der Waals surface area contributed by atoms with Gasteiger partial charge in [-0.15, -0.1) is 0 Å². The zero-order valence-electron chi connectivity index (χ0n) is 21.3. The van der Waals surface area contributed by atoms with Gasteiger partial charge in [0.15, 0.2) is 6.23 Å². The van der Waals surface area contributed by atoms with Crippen LogP contribution in [0.3, 0.4) is 0 Å². The Morgan fingerprint density at radius 2 is 1.89 bits per heavy atom. The average molecular weight is 579 g/mol. The second-order valence-electron chi connectivity index (χ2n) is 10.7. The predicted molar refractivity (Wildman–Crippen MR) is 143 cm³/mol. The molecule has 2 aromatic heterocycles. The zero-order valence-corrected chi connectivity index (χ0v) is 23.6. The Hall–Kier alpha value is -2.10. The van der Waals surface area contributed by atoms with Crippen LogP contribution in [0.25, 0.3) is 22.0 Å². The summed E-state index contributed by atoms with van der Waals surface area (Å²) < 4.78 is 16.4. The van der Waals surface area contributed by atoms with Gasteiger partial charge < -0.3 is 14.4 Å². The molecule has 5 rings (SSSR count). The van der Waals surface area contributed by atoms with Crippen LogP contribution in [-0.4, -0.2) is 55.9 Å². The van der Waals surface area contributed by atoms with Gasteiger partial charge in [0.05, 0.1) is 17.8 Å². The molecular weight excluding hydrogens is 546 g/mol. The molecule has 8 nitrogen and oxygen atoms in total. The molecule has 2 saturated heterocycles. The summed E-state index contributed by atoms with van der Waals surface area (Å²) in [6.45, 7) is 9.78. The topological polar surface area (TPSA) is 74.4 Å². The summed E-state index contributed by atoms with van der Waals surface area (Å²) in [5.41, 5.74) is 3.45. The lowest BCUT2D eigenvalue weighted by Crippen LogP contribution is -2.42. The van der Waals surface area contributed by atoms with E-state index < -0.39 is 5.60 Å². The molecule has 2 aliphatic rings. The van der Waals surface area contributed by atoms with E-state index in [9.17, 15) is 4.79 Å². The molecule has 1 unspecified atom stereocenters. The van der Waals surface area contributed by atoms with Crippen molar-refractivity contribution in [2.45, 2.75) is 77.7 Å². The lowest BCUT2D eigenvalue weighted by Gasteiger charge is -2.33. The number of halogens is 2. The molecule has 194 valence electrons. The highest BCUT2D eigenvalue weighted by molar-refractivity contribution is 9.10. The second kappa shape index (κ2) is 9.99. The standard InChI is InChI=1S/C26H33BrClN5O3/c1-16-22(23-18-15-29-33(20(18)9-8-19(23)28)21-7-5-6-14-35-21)24(27)30-32(16)17-10-12-31(13-11-17)25(34)36-26(2,3)4/h8-9,15,17,21H,5-7,10-14H2,1-4H3. The number of rotatable bonds is 3. The summed E-state index contributed by atoms with van der Waals surface area (Å²) in [7, 11) is 0. The van der Waals surface area contributed by atoms with Gasteiger partial charge in [-0.1, -0.05) is 11.6 Å². The van der Waals surface area contributed by atoms with Crippen LogP contribution in [0, 0.1) is 6.92 Å². The smallest absolute Gasteiger partial charge is 0.410 e. The fraction of sp³-hybridized carbons (Fsp3) is 0.577. The summed E-state index contributed by atoms with van der Waals surface area (Å²) in [6, 6.07) is 4.14. The van der Waals surface area contributed by atoms with Gasteiger partial charge in [-0.25, -0.2) is 9.48 Å². The highest BCUT2D eigenvalue weighted by Gasteiger charge is 2.30. The Labute approximate surface area is 225 Å². The molecule has 2 fully saturated rings. The lowest BCUT2D eigenvalue weighted by molar-refractivity contribution is -0.0366. The van der Waals surface area contributed by atoms with Crippen LogP contribution in [0.1, 0.15) is 70.8 Å². The van der Waals surface area contributed by atoms with Gasteiger partial charge in [0.2, 0.25) is 0 Å². The Morgan fingerprint density at radius 1 is 1.14 bits per heavy atom. The molecule has 3 aromatic rings. The Balaban J connectivity index is 1.43. The summed E-state index contributed by atoms with van der Waals surface area (Å²) in [5.74, 6) is 0. The van der Waals surface area contributed by atoms with Crippen LogP contribution in [-0.2, 0) is 9.47 Å². The maximum atomic E-state index is 12.5. The summed E-state index contributed by atoms with van der Waals surface area (Å²) >= 11 is 10.5. The average Bonchev–Trinajstić information content (AvgIpc) is 3.40. The van der Waals surface area contributed by atoms with E-state index in [2.05, 4.69) is 27.5 Å². The molecule has 0 N–H and O–H groups in total. The minimum Gasteiger partial charge on any atom is -0.444 e. The molecule has 4 heterocycles. The van der Waals surface area contributed by atoms with E-state index in [1.54, 1.807) is 4.90 Å². The molecule has 0 radical (unpaired) electrons. The van der Waals surface area contributed by atoms with Gasteiger partial charge in [0.1, 0.15) is 10.2 Å². The molecule has 0 spiro atoms. The predicted octanol–water partition coefficient (Wildman–Crippen LogP) is 6.90. The quantitative estimate of drug-likeness (QED) is 0.338. The van der Waals surface area contributed by atoms with E-state index in [-0.39, 0.29) is 18.4 Å². The SMILES string of the molecule is Cc1c(-c2c(Cl)ccc3c2cnn3C2CCCCO2)c(Br)nn1C1CCN(C(=O)OC(C)(C)C)CC1. The Bertz CT molecular complexity index is 1270. The molecule has 36 heavy (non-hydrogen) atoms. The molecule has 1 atom stereocenters. The van der Waals surface area contributed by atoms with Crippen LogP contribution in [0.15, 0.2) is 22.9 Å². The summed E-state index contributed by atoms with van der Waals surface area (Å²) in [4.78, 5) is 14.3. The first-order valence-electron chi connectivity index (χ1n) is 12.6. The fourth-order valence-electron chi connectivity index (χ4n) is 5.24. The van der Waals surface area contributed by atoms with E-state index in [1.807, 2.05) is 43.8 Å². The summed E-state index contributed by atoms with van der Waals surface area (Å²) in [6.07, 6.45) is 6.38. The number of carbonyl (C=O) groups is 1. The summed E-state index contributed by atoms with van der Waals surface area (Å²) in [5, 5.41) is 11.2. The van der Waals surface area contributed by atoms with Crippen molar-refractivity contribution in [2.75, 3.05) is 19.7 Å². The van der Waals surface area contributed by atoms with Crippen LogP contribution < -0.4 is 0 Å². The molecule has 10 heteroatoms. The van der Waals surface area contributed by atoms with E-state index in [0.717, 1.165) is 71.0 Å². The van der Waals surface area contributed by atoms with E-state index in [4.69, 9.17) is 31.3 Å². The van der Waals surface area contributed by atoms with Crippen molar-refractivity contribution < 1.29 is 14.3 Å². The number of benzene rings is 1. The molecule has 0 aliphatic carbocycles. The van der Waals surface area contributed by atoms with Crippen molar-refractivity contribution in [2.24, 2.45) is 0 Å². The van der Waals surface area contributed by atoms with Crippen molar-refractivity contribution in [3.8, 4) is 11.1 Å². The number of hydrogen-bond donors (Lipinski definition) is 0. The van der Waals surface area contributed by atoms with Gasteiger partial charge in [0, 0.05) is 46.9 Å². The lowest BCUT2D eigenvalue weighted by atomic mass is 10.0. The minimum atomic E-state index is -0.497. The molecule has 1 aromatic carbocycles. The van der Waals surface area contributed by atoms with Crippen LogP contribution in [0.4, 0.5) is 4.79 Å². The number of amides is 1. The maximum absolute atomic E-state index is 12.5. The molecule has 0 saturated carbocycles. The van der Waals surface area contributed by atoms with Crippen LogP contribution in [0.5, 0.6) is 0 Å². The van der Waals surface area contributed by atoms with Crippen LogP contribution in [0.2, 0.25) is 5.02 Å². The van der Waals surface area contributed by atoms with Gasteiger partial charge in [-0.2, -0.15) is 10.2 Å². The van der Waals surface area contributed by atoms with Crippen molar-refractivity contribution in [3.63, 3.8) is 0 Å². The monoisotopic (exact) mass is 577 g/mol. The fourth-order valence-corrected chi connectivity index (χ4v) is 6.15. The van der Waals surface area contributed by atoms with E-state index >= 15 is 0 Å². The highest BCUT2D eigenvalue weighted by Crippen LogP contribution is 2.42. The first kappa shape index (κ1) is 25.5. The highest BCUT2D eigenvalue weighted by atomic mass is 79.9. The minimum absolute atomic E-state index is 0.0484. The van der Waals surface area contributed by atoms with E-state index in [0.29, 0.717) is 18.1 Å². The van der Waals surface area contributed by atoms with Crippen molar-refractivity contribution in [1.29, 1.82) is 0 Å². The number of carbonyl (C=O) groups excluding carboxylic acids is 1. The number of aromatic nitrogens is 4. The molecule has 2 aliphatic heterocycles. The maximum Gasteiger partial charge on any atom is 0.410 e. The number of fused-ring (bicyclic) bond motifs is 1. The normalized spacial score (nSPS) is 19.7. The van der Waals surface area contributed by atoms with Crippen molar-refractivity contribution >= 4 is 44.5 Å². The third kappa shape index (κ3) is 4.89. The number of hydrogen-bond acceptors (Lipinski definition) is 5. The van der Waals surface area contributed by atoms with Gasteiger partial charge >= 0.3 is 6.09 Å². The number of ether oxygens (including phenoxy) is 2. The van der Waals surface area contributed by atoms with Gasteiger partial charge in [-0.05, 0) is 87.9 Å². The number of likely N-dealkylation sites (tertiary alicyclic amines) is 1. The zero-order chi connectivity index (χ0) is 25.6. The number of piperidine rings is 1. The van der Waals surface area contributed by atoms with Gasteiger partial charge in [0.25, 0.3) is 0 Å². The molecule has 0 bridgehead atoms. The van der Waals surface area contributed by atoms with Crippen LogP contribution >= 0.6 is 27.5 Å². The van der Waals surface area contributed by atoms with Crippen molar-refractivity contribution in [3.05, 3.63) is 33.6 Å². The third-order valence-electron chi connectivity index (χ3n) is 6.98. The largest absolute Gasteiger partial charge is 0.444 e. The van der Waals surface area contributed by atoms with E-state index in [1.165, 1.54) is 0 Å². The Morgan fingerprint density at radius 3 is 2.56 bits per heavy atom. The second-order valence-corrected chi connectivity index (χ2v) is 11.8. The molecular formula is C26H33BrClN5O3. The van der Waals surface area contributed by atoms with Crippen molar-refractivity contribution in [1.82, 2.24) is 24.5 Å². The van der Waals surface area contributed by atoms with Gasteiger partial charge in [-0.3, -0.25) is 4.68 Å².